The van der Waals surface area contributed by atoms with Gasteiger partial charge in [0.15, 0.2) is 4.90 Å². The van der Waals surface area contributed by atoms with E-state index >= 15 is 0 Å². The standard InChI is InChI=1S/C20H16F2N2O4S/c1-28-14-7-4-6-13(12-14)23-20(25)15-8-2-3-11-18(15)24-29(26,27)19-16(21)9-5-10-17(19)22/h2-12,24H,1H3,(H,23,25). The Labute approximate surface area is 166 Å². The van der Waals surface area contributed by atoms with Crippen molar-refractivity contribution in [3.63, 3.8) is 0 Å². The molecule has 0 aliphatic heterocycles. The fourth-order valence-electron chi connectivity index (χ4n) is 2.60. The highest BCUT2D eigenvalue weighted by Gasteiger charge is 2.25. The summed E-state index contributed by atoms with van der Waals surface area (Å²) in [4.78, 5) is 11.5. The Morgan fingerprint density at radius 2 is 1.59 bits per heavy atom. The summed E-state index contributed by atoms with van der Waals surface area (Å²) in [5.41, 5.74) is 0.262. The normalized spacial score (nSPS) is 11.0. The molecule has 6 nitrogen and oxygen atoms in total. The van der Waals surface area contributed by atoms with Crippen molar-refractivity contribution in [3.8, 4) is 5.75 Å². The first-order chi connectivity index (χ1) is 13.8. The SMILES string of the molecule is COc1cccc(NC(=O)c2ccccc2NS(=O)(=O)c2c(F)cccc2F)c1. The van der Waals surface area contributed by atoms with Crippen molar-refractivity contribution in [2.75, 3.05) is 17.1 Å². The summed E-state index contributed by atoms with van der Waals surface area (Å²) in [5, 5.41) is 2.62. The predicted octanol–water partition coefficient (Wildman–Crippen LogP) is 4.03. The molecular formula is C20H16F2N2O4S. The van der Waals surface area contributed by atoms with Crippen molar-refractivity contribution in [2.45, 2.75) is 4.90 Å². The van der Waals surface area contributed by atoms with Gasteiger partial charge in [-0.05, 0) is 36.4 Å². The molecule has 0 aliphatic rings. The highest BCUT2D eigenvalue weighted by Crippen LogP contribution is 2.25. The Morgan fingerprint density at radius 1 is 0.931 bits per heavy atom. The summed E-state index contributed by atoms with van der Waals surface area (Å²) in [7, 11) is -3.14. The predicted molar refractivity (Wildman–Crippen MR) is 105 cm³/mol. The van der Waals surface area contributed by atoms with E-state index in [2.05, 4.69) is 10.0 Å². The molecule has 0 unspecified atom stereocenters. The number of benzene rings is 3. The van der Waals surface area contributed by atoms with E-state index in [0.717, 1.165) is 18.2 Å². The van der Waals surface area contributed by atoms with E-state index in [0.29, 0.717) is 11.4 Å². The number of sulfonamides is 1. The van der Waals surface area contributed by atoms with Crippen LogP contribution in [0.3, 0.4) is 0 Å². The summed E-state index contributed by atoms with van der Waals surface area (Å²) in [6.45, 7) is 0. The molecule has 29 heavy (non-hydrogen) atoms. The smallest absolute Gasteiger partial charge is 0.267 e. The monoisotopic (exact) mass is 418 g/mol. The van der Waals surface area contributed by atoms with Gasteiger partial charge in [0, 0.05) is 11.8 Å². The highest BCUT2D eigenvalue weighted by molar-refractivity contribution is 7.92. The van der Waals surface area contributed by atoms with Crippen molar-refractivity contribution in [1.82, 2.24) is 0 Å². The number of anilines is 2. The zero-order chi connectivity index (χ0) is 21.0. The molecule has 0 heterocycles. The lowest BCUT2D eigenvalue weighted by atomic mass is 10.1. The number of amides is 1. The van der Waals surface area contributed by atoms with Gasteiger partial charge in [-0.3, -0.25) is 9.52 Å². The number of para-hydroxylation sites is 1. The van der Waals surface area contributed by atoms with E-state index in [4.69, 9.17) is 4.74 Å². The number of methoxy groups -OCH3 is 1. The molecule has 2 N–H and O–H groups in total. The Kier molecular flexibility index (Phi) is 5.79. The average Bonchev–Trinajstić information content (AvgIpc) is 2.67. The van der Waals surface area contributed by atoms with Gasteiger partial charge >= 0.3 is 0 Å². The Morgan fingerprint density at radius 3 is 2.28 bits per heavy atom. The summed E-state index contributed by atoms with van der Waals surface area (Å²) in [6.07, 6.45) is 0. The van der Waals surface area contributed by atoms with Crippen LogP contribution in [0.4, 0.5) is 20.2 Å². The summed E-state index contributed by atoms with van der Waals surface area (Å²) < 4.78 is 60.0. The fraction of sp³-hybridized carbons (Fsp3) is 0.0500. The molecule has 0 fully saturated rings. The third-order valence-electron chi connectivity index (χ3n) is 3.93. The highest BCUT2D eigenvalue weighted by atomic mass is 32.2. The summed E-state index contributed by atoms with van der Waals surface area (Å²) in [6, 6.07) is 15.0. The maximum Gasteiger partial charge on any atom is 0.267 e. The molecule has 3 rings (SSSR count). The van der Waals surface area contributed by atoms with Crippen LogP contribution < -0.4 is 14.8 Å². The molecule has 0 saturated heterocycles. The van der Waals surface area contributed by atoms with Gasteiger partial charge in [-0.2, -0.15) is 0 Å². The first-order valence-electron chi connectivity index (χ1n) is 8.33. The van der Waals surface area contributed by atoms with Crippen LogP contribution in [0.2, 0.25) is 0 Å². The minimum Gasteiger partial charge on any atom is -0.497 e. The van der Waals surface area contributed by atoms with Crippen molar-refractivity contribution in [3.05, 3.63) is 83.9 Å². The number of ether oxygens (including phenoxy) is 1. The van der Waals surface area contributed by atoms with Crippen molar-refractivity contribution < 1.29 is 26.7 Å². The van der Waals surface area contributed by atoms with Gasteiger partial charge in [-0.1, -0.05) is 24.3 Å². The Hall–Kier alpha value is -3.46. The Balaban J connectivity index is 1.92. The van der Waals surface area contributed by atoms with E-state index in [1.165, 1.54) is 31.4 Å². The van der Waals surface area contributed by atoms with Gasteiger partial charge in [0.1, 0.15) is 17.4 Å². The third-order valence-corrected chi connectivity index (χ3v) is 5.35. The molecule has 0 atom stereocenters. The van der Waals surface area contributed by atoms with E-state index < -0.39 is 32.5 Å². The topological polar surface area (TPSA) is 84.5 Å². The summed E-state index contributed by atoms with van der Waals surface area (Å²) in [5.74, 6) is -2.58. The lowest BCUT2D eigenvalue weighted by molar-refractivity contribution is 0.102. The molecule has 1 amide bonds. The van der Waals surface area contributed by atoms with Crippen molar-refractivity contribution in [2.24, 2.45) is 0 Å². The lowest BCUT2D eigenvalue weighted by Gasteiger charge is -2.14. The zero-order valence-corrected chi connectivity index (χ0v) is 16.0. The number of carbonyl (C=O) groups excluding carboxylic acids is 1. The van der Waals surface area contributed by atoms with E-state index in [9.17, 15) is 22.0 Å². The molecule has 9 heteroatoms. The fourth-order valence-corrected chi connectivity index (χ4v) is 3.82. The van der Waals surface area contributed by atoms with Gasteiger partial charge in [-0.25, -0.2) is 17.2 Å². The van der Waals surface area contributed by atoms with Crippen LogP contribution in [0.15, 0.2) is 71.6 Å². The van der Waals surface area contributed by atoms with E-state index in [1.807, 2.05) is 0 Å². The Bertz CT molecular complexity index is 1150. The number of hydrogen-bond acceptors (Lipinski definition) is 4. The van der Waals surface area contributed by atoms with Crippen LogP contribution in [0.1, 0.15) is 10.4 Å². The van der Waals surface area contributed by atoms with Gasteiger partial charge in [-0.15, -0.1) is 0 Å². The van der Waals surface area contributed by atoms with E-state index in [-0.39, 0.29) is 11.3 Å². The van der Waals surface area contributed by atoms with Crippen LogP contribution in [0.5, 0.6) is 5.75 Å². The quantitative estimate of drug-likeness (QED) is 0.633. The van der Waals surface area contributed by atoms with Crippen molar-refractivity contribution in [1.29, 1.82) is 0 Å². The summed E-state index contributed by atoms with van der Waals surface area (Å²) >= 11 is 0. The molecule has 3 aromatic rings. The largest absolute Gasteiger partial charge is 0.497 e. The van der Waals surface area contributed by atoms with Gasteiger partial charge in [0.05, 0.1) is 18.4 Å². The first-order valence-corrected chi connectivity index (χ1v) is 9.81. The minimum atomic E-state index is -4.61. The number of hydrogen-bond donors (Lipinski definition) is 2. The molecular weight excluding hydrogens is 402 g/mol. The second kappa shape index (κ2) is 8.27. The molecule has 150 valence electrons. The van der Waals surface area contributed by atoms with E-state index in [1.54, 1.807) is 24.3 Å². The first kappa shape index (κ1) is 20.3. The number of nitrogens with one attached hydrogen (secondary N) is 2. The zero-order valence-electron chi connectivity index (χ0n) is 15.1. The second-order valence-corrected chi connectivity index (χ2v) is 7.51. The van der Waals surface area contributed by atoms with Gasteiger partial charge in [0.25, 0.3) is 15.9 Å². The number of carbonyl (C=O) groups is 1. The molecule has 0 bridgehead atoms. The van der Waals surface area contributed by atoms with Crippen molar-refractivity contribution >= 4 is 27.3 Å². The van der Waals surface area contributed by atoms with Crippen LogP contribution in [0.25, 0.3) is 0 Å². The number of rotatable bonds is 6. The average molecular weight is 418 g/mol. The van der Waals surface area contributed by atoms with Crippen LogP contribution in [-0.4, -0.2) is 21.4 Å². The second-order valence-electron chi connectivity index (χ2n) is 5.89. The van der Waals surface area contributed by atoms with Crippen LogP contribution in [0, 0.1) is 11.6 Å². The minimum absolute atomic E-state index is 0.0318. The lowest BCUT2D eigenvalue weighted by Crippen LogP contribution is -2.20. The van der Waals surface area contributed by atoms with Gasteiger partial charge in [0.2, 0.25) is 0 Å². The maximum atomic E-state index is 13.9. The third kappa shape index (κ3) is 4.52. The molecule has 0 aromatic heterocycles. The van der Waals surface area contributed by atoms with Crippen LogP contribution in [-0.2, 0) is 10.0 Å². The molecule has 3 aromatic carbocycles. The number of halogens is 2. The molecule has 0 radical (unpaired) electrons. The molecule has 0 spiro atoms. The molecule has 0 aliphatic carbocycles. The van der Waals surface area contributed by atoms with Crippen LogP contribution >= 0.6 is 0 Å². The molecule has 0 saturated carbocycles. The maximum absolute atomic E-state index is 13.9. The van der Waals surface area contributed by atoms with Gasteiger partial charge < -0.3 is 10.1 Å².